The Bertz CT molecular complexity index is 536. The third kappa shape index (κ3) is 1.36. The lowest BCUT2D eigenvalue weighted by Crippen LogP contribution is -1.98. The zero-order valence-corrected chi connectivity index (χ0v) is 9.04. The van der Waals surface area contributed by atoms with Crippen LogP contribution in [0.15, 0.2) is 23.2 Å². The summed E-state index contributed by atoms with van der Waals surface area (Å²) in [6, 6.07) is 5.11. The number of aliphatic imine (C=N–C) groups is 1. The van der Waals surface area contributed by atoms with Crippen LogP contribution in [-0.4, -0.2) is 29.3 Å². The zero-order valence-electron chi connectivity index (χ0n) is 8.23. The predicted octanol–water partition coefficient (Wildman–Crippen LogP) is 1.49. The summed E-state index contributed by atoms with van der Waals surface area (Å²) in [5.74, 6) is -0.159. The smallest absolute Gasteiger partial charge is 0.346 e. The molecule has 0 spiro atoms. The third-order valence-corrected chi connectivity index (χ3v) is 3.50. The van der Waals surface area contributed by atoms with Gasteiger partial charge in [0.25, 0.3) is 0 Å². The van der Waals surface area contributed by atoms with E-state index in [1.807, 2.05) is 0 Å². The molecule has 0 saturated carbocycles. The van der Waals surface area contributed by atoms with Crippen LogP contribution < -0.4 is 0 Å². The fraction of sp³-hybridized carbons (Fsp3) is 0.182. The molecule has 0 amide bonds. The number of carbonyl (C=O) groups excluding carboxylic acids is 2. The number of carbonyl (C=O) groups is 2. The minimum Gasteiger partial charge on any atom is -0.386 e. The highest BCUT2D eigenvalue weighted by Crippen LogP contribution is 2.25. The molecule has 0 unspecified atom stereocenters. The number of benzene rings is 1. The topological polar surface area (TPSA) is 55.7 Å². The van der Waals surface area contributed by atoms with Gasteiger partial charge in [-0.3, -0.25) is 4.99 Å². The average molecular weight is 233 g/mol. The second-order valence-corrected chi connectivity index (χ2v) is 4.56. The molecule has 4 nitrogen and oxygen atoms in total. The van der Waals surface area contributed by atoms with E-state index in [9.17, 15) is 9.59 Å². The SMILES string of the molecule is O=C1OC(=O)c2cc(C3=NCCS3)ccc21. The maximum Gasteiger partial charge on any atom is 0.346 e. The summed E-state index contributed by atoms with van der Waals surface area (Å²) >= 11 is 1.66. The van der Waals surface area contributed by atoms with Crippen molar-refractivity contribution in [3.63, 3.8) is 0 Å². The Morgan fingerprint density at radius 2 is 2.00 bits per heavy atom. The van der Waals surface area contributed by atoms with E-state index in [0.717, 1.165) is 22.9 Å². The van der Waals surface area contributed by atoms with Crippen LogP contribution in [0.5, 0.6) is 0 Å². The van der Waals surface area contributed by atoms with Gasteiger partial charge in [0.1, 0.15) is 0 Å². The predicted molar refractivity (Wildman–Crippen MR) is 60.1 cm³/mol. The molecular formula is C11H7NO3S. The number of esters is 2. The summed E-state index contributed by atoms with van der Waals surface area (Å²) in [5.41, 5.74) is 1.57. The minimum atomic E-state index is -0.564. The molecule has 0 N–H and O–H groups in total. The van der Waals surface area contributed by atoms with Crippen molar-refractivity contribution in [3.8, 4) is 0 Å². The van der Waals surface area contributed by atoms with Gasteiger partial charge in [-0.2, -0.15) is 0 Å². The third-order valence-electron chi connectivity index (χ3n) is 2.48. The summed E-state index contributed by atoms with van der Waals surface area (Å²) in [5, 5.41) is 0.926. The van der Waals surface area contributed by atoms with Crippen LogP contribution in [0.25, 0.3) is 0 Å². The van der Waals surface area contributed by atoms with Crippen LogP contribution in [0.4, 0.5) is 0 Å². The van der Waals surface area contributed by atoms with E-state index in [4.69, 9.17) is 0 Å². The number of ether oxygens (including phenoxy) is 1. The molecule has 0 radical (unpaired) electrons. The number of fused-ring (bicyclic) bond motifs is 1. The Labute approximate surface area is 95.7 Å². The van der Waals surface area contributed by atoms with Gasteiger partial charge in [0.05, 0.1) is 16.2 Å². The van der Waals surface area contributed by atoms with Crippen LogP contribution in [0.1, 0.15) is 26.3 Å². The molecule has 0 aliphatic carbocycles. The molecule has 3 rings (SSSR count). The maximum atomic E-state index is 11.4. The number of hydrogen-bond donors (Lipinski definition) is 0. The lowest BCUT2D eigenvalue weighted by atomic mass is 10.1. The summed E-state index contributed by atoms with van der Waals surface area (Å²) < 4.78 is 4.52. The quantitative estimate of drug-likeness (QED) is 0.544. The van der Waals surface area contributed by atoms with Crippen LogP contribution in [-0.2, 0) is 4.74 Å². The molecule has 0 bridgehead atoms. The summed E-state index contributed by atoms with van der Waals surface area (Å²) in [7, 11) is 0. The van der Waals surface area contributed by atoms with E-state index in [2.05, 4.69) is 9.73 Å². The van der Waals surface area contributed by atoms with Gasteiger partial charge in [-0.25, -0.2) is 9.59 Å². The first-order valence-corrected chi connectivity index (χ1v) is 5.82. The molecule has 0 atom stereocenters. The maximum absolute atomic E-state index is 11.4. The van der Waals surface area contributed by atoms with E-state index in [1.54, 1.807) is 30.0 Å². The van der Waals surface area contributed by atoms with Crippen LogP contribution in [0.2, 0.25) is 0 Å². The summed E-state index contributed by atoms with van der Waals surface area (Å²) in [4.78, 5) is 26.9. The highest BCUT2D eigenvalue weighted by molar-refractivity contribution is 8.14. The lowest BCUT2D eigenvalue weighted by Gasteiger charge is -2.00. The Balaban J connectivity index is 2.09. The number of thioether (sulfide) groups is 1. The second kappa shape index (κ2) is 3.45. The molecule has 1 aromatic carbocycles. The molecule has 0 fully saturated rings. The molecule has 80 valence electrons. The van der Waals surface area contributed by atoms with Crippen molar-refractivity contribution in [1.82, 2.24) is 0 Å². The molecule has 0 aromatic heterocycles. The summed E-state index contributed by atoms with van der Waals surface area (Å²) in [6.45, 7) is 0.806. The van der Waals surface area contributed by atoms with Crippen molar-refractivity contribution >= 4 is 28.7 Å². The largest absolute Gasteiger partial charge is 0.386 e. The van der Waals surface area contributed by atoms with E-state index >= 15 is 0 Å². The van der Waals surface area contributed by atoms with Crippen molar-refractivity contribution in [2.75, 3.05) is 12.3 Å². The standard InChI is InChI=1S/C11H7NO3S/c13-10-7-2-1-6(9-12-3-4-16-9)5-8(7)11(14)15-10/h1-2,5H,3-4H2. The van der Waals surface area contributed by atoms with Gasteiger partial charge in [0.2, 0.25) is 0 Å². The molecule has 2 aliphatic heterocycles. The zero-order chi connectivity index (χ0) is 11.1. The fourth-order valence-corrected chi connectivity index (χ4v) is 2.58. The van der Waals surface area contributed by atoms with Gasteiger partial charge < -0.3 is 4.74 Å². The first-order chi connectivity index (χ1) is 7.75. The highest BCUT2D eigenvalue weighted by Gasteiger charge is 2.30. The average Bonchev–Trinajstić information content (AvgIpc) is 2.88. The van der Waals surface area contributed by atoms with Gasteiger partial charge in [0.15, 0.2) is 0 Å². The van der Waals surface area contributed by atoms with E-state index in [0.29, 0.717) is 11.1 Å². The molecule has 0 saturated heterocycles. The molecule has 2 aliphatic rings. The first-order valence-electron chi connectivity index (χ1n) is 4.84. The van der Waals surface area contributed by atoms with Gasteiger partial charge in [-0.1, -0.05) is 6.07 Å². The lowest BCUT2D eigenvalue weighted by molar-refractivity contribution is 0.0444. The normalized spacial score (nSPS) is 18.4. The fourth-order valence-electron chi connectivity index (χ4n) is 1.73. The highest BCUT2D eigenvalue weighted by atomic mass is 32.2. The van der Waals surface area contributed by atoms with E-state index < -0.39 is 11.9 Å². The van der Waals surface area contributed by atoms with Crippen molar-refractivity contribution in [2.45, 2.75) is 0 Å². The van der Waals surface area contributed by atoms with Gasteiger partial charge in [-0.15, -0.1) is 11.8 Å². The Hall–Kier alpha value is -1.62. The van der Waals surface area contributed by atoms with Crippen molar-refractivity contribution in [1.29, 1.82) is 0 Å². The number of rotatable bonds is 1. The minimum absolute atomic E-state index is 0.345. The number of nitrogens with zero attached hydrogens (tertiary/aromatic N) is 1. The summed E-state index contributed by atoms with van der Waals surface area (Å²) in [6.07, 6.45) is 0. The van der Waals surface area contributed by atoms with E-state index in [-0.39, 0.29) is 0 Å². The van der Waals surface area contributed by atoms with Crippen LogP contribution in [0, 0.1) is 0 Å². The Kier molecular flexibility index (Phi) is 2.07. The monoisotopic (exact) mass is 233 g/mol. The number of hydrogen-bond acceptors (Lipinski definition) is 5. The molecule has 5 heteroatoms. The van der Waals surface area contributed by atoms with Crippen molar-refractivity contribution in [3.05, 3.63) is 34.9 Å². The first kappa shape index (κ1) is 9.59. The van der Waals surface area contributed by atoms with Crippen LogP contribution >= 0.6 is 11.8 Å². The molecule has 1 aromatic rings. The Morgan fingerprint density at radius 3 is 2.75 bits per heavy atom. The van der Waals surface area contributed by atoms with Gasteiger partial charge in [-0.05, 0) is 12.1 Å². The van der Waals surface area contributed by atoms with Gasteiger partial charge >= 0.3 is 11.9 Å². The van der Waals surface area contributed by atoms with Crippen molar-refractivity contribution < 1.29 is 14.3 Å². The van der Waals surface area contributed by atoms with E-state index in [1.165, 1.54) is 0 Å². The van der Waals surface area contributed by atoms with Crippen molar-refractivity contribution in [2.24, 2.45) is 4.99 Å². The molecule has 2 heterocycles. The Morgan fingerprint density at radius 1 is 1.19 bits per heavy atom. The number of cyclic esters (lactones) is 2. The van der Waals surface area contributed by atoms with Gasteiger partial charge in [0, 0.05) is 17.9 Å². The second-order valence-electron chi connectivity index (χ2n) is 3.47. The van der Waals surface area contributed by atoms with Crippen LogP contribution in [0.3, 0.4) is 0 Å². The molecular weight excluding hydrogens is 226 g/mol. The molecule has 16 heavy (non-hydrogen) atoms.